The van der Waals surface area contributed by atoms with Crippen LogP contribution in [0.3, 0.4) is 0 Å². The van der Waals surface area contributed by atoms with E-state index < -0.39 is 20.0 Å². The van der Waals surface area contributed by atoms with Gasteiger partial charge in [0.1, 0.15) is 13.2 Å². The Morgan fingerprint density at radius 2 is 0.983 bits per heavy atom. The van der Waals surface area contributed by atoms with Gasteiger partial charge in [0.2, 0.25) is 5.91 Å². The fraction of sp³-hybridized carbons (Fsp3) is 0.860. The molecule has 2 N–H and O–H groups in total. The van der Waals surface area contributed by atoms with Gasteiger partial charge in [-0.15, -0.1) is 0 Å². The maximum absolute atomic E-state index is 12.9. The van der Waals surface area contributed by atoms with Gasteiger partial charge in [-0.05, 0) is 51.4 Å². The molecule has 0 heterocycles. The summed E-state index contributed by atoms with van der Waals surface area (Å²) < 4.78 is 23.2. The Morgan fingerprint density at radius 1 is 0.593 bits per heavy atom. The zero-order valence-electron chi connectivity index (χ0n) is 39.5. The first-order valence-corrected chi connectivity index (χ1v) is 26.3. The van der Waals surface area contributed by atoms with Crippen molar-refractivity contribution in [2.24, 2.45) is 0 Å². The molecule has 0 bridgehead atoms. The van der Waals surface area contributed by atoms with Crippen LogP contribution < -0.4 is 10.2 Å². The number of quaternary nitrogens is 1. The largest absolute Gasteiger partial charge is 0.756 e. The predicted molar refractivity (Wildman–Crippen MR) is 251 cm³/mol. The van der Waals surface area contributed by atoms with Gasteiger partial charge in [0.05, 0.1) is 39.9 Å². The number of nitrogens with one attached hydrogen (secondary N) is 1. The number of rotatable bonds is 45. The Labute approximate surface area is 366 Å². The number of phosphoric acid groups is 1. The lowest BCUT2D eigenvalue weighted by Gasteiger charge is -2.29. The van der Waals surface area contributed by atoms with Gasteiger partial charge in [-0.3, -0.25) is 9.36 Å². The Bertz CT molecular complexity index is 1060. The lowest BCUT2D eigenvalue weighted by atomic mass is 10.0. The van der Waals surface area contributed by atoms with Crippen molar-refractivity contribution in [1.29, 1.82) is 0 Å². The van der Waals surface area contributed by atoms with Crippen LogP contribution in [0.5, 0.6) is 0 Å². The second-order valence-corrected chi connectivity index (χ2v) is 19.6. The summed E-state index contributed by atoms with van der Waals surface area (Å²) in [6, 6.07) is -0.893. The van der Waals surface area contributed by atoms with E-state index in [1.165, 1.54) is 141 Å². The molecule has 0 spiro atoms. The molecule has 3 atom stereocenters. The van der Waals surface area contributed by atoms with Crippen LogP contribution in [0, 0.1) is 0 Å². The fourth-order valence-corrected chi connectivity index (χ4v) is 7.85. The van der Waals surface area contributed by atoms with Crippen LogP contribution in [0.4, 0.5) is 0 Å². The standard InChI is InChI=1S/C50H97N2O6P/c1-6-8-10-12-14-16-18-20-22-23-24-25-26-27-28-30-31-33-35-37-39-41-43-49(53)48(47-58-59(55,56)57-46-45-52(3,4)5)51-50(54)44-42-40-38-36-34-32-29-21-19-17-15-13-11-9-7-2/h15,17,21,29,41,43,48-49,53H,6-14,16,18-20,22-28,30-40,42,44-47H2,1-5H3,(H-,51,54,55,56)/b17-15-,29-21-,43-41+. The van der Waals surface area contributed by atoms with Crippen molar-refractivity contribution in [2.75, 3.05) is 40.9 Å². The van der Waals surface area contributed by atoms with E-state index in [-0.39, 0.29) is 19.1 Å². The number of aliphatic hydroxyl groups excluding tert-OH is 1. The van der Waals surface area contributed by atoms with Gasteiger partial charge in [0.15, 0.2) is 0 Å². The number of allylic oxidation sites excluding steroid dienone is 5. The summed E-state index contributed by atoms with van der Waals surface area (Å²) in [7, 11) is 1.25. The minimum Gasteiger partial charge on any atom is -0.756 e. The van der Waals surface area contributed by atoms with E-state index in [1.54, 1.807) is 6.08 Å². The lowest BCUT2D eigenvalue weighted by molar-refractivity contribution is -0.870. The second kappa shape index (κ2) is 42.0. The molecule has 0 aliphatic heterocycles. The third kappa shape index (κ3) is 44.6. The number of aliphatic hydroxyl groups is 1. The molecule has 1 amide bonds. The van der Waals surface area contributed by atoms with Gasteiger partial charge in [-0.2, -0.15) is 0 Å². The van der Waals surface area contributed by atoms with Gasteiger partial charge in [-0.1, -0.05) is 204 Å². The van der Waals surface area contributed by atoms with Gasteiger partial charge in [0, 0.05) is 6.42 Å². The first-order chi connectivity index (χ1) is 28.5. The van der Waals surface area contributed by atoms with Crippen molar-refractivity contribution < 1.29 is 32.9 Å². The molecule has 0 fully saturated rings. The molecule has 59 heavy (non-hydrogen) atoms. The van der Waals surface area contributed by atoms with E-state index in [1.807, 2.05) is 27.2 Å². The third-order valence-corrected chi connectivity index (χ3v) is 12.1. The number of carbonyl (C=O) groups is 1. The number of carbonyl (C=O) groups excluding carboxylic acids is 1. The monoisotopic (exact) mass is 853 g/mol. The Morgan fingerprint density at radius 3 is 1.44 bits per heavy atom. The summed E-state index contributed by atoms with van der Waals surface area (Å²) in [5, 5.41) is 13.8. The SMILES string of the molecule is CCCCC/C=C\C/C=C\CCCCCCCC(=O)NC(COP(=O)([O-])OCC[N+](C)(C)C)C(O)/C=C/CCCCCCCCCCCCCCCCCCCCCC. The van der Waals surface area contributed by atoms with E-state index in [9.17, 15) is 19.4 Å². The molecule has 0 aromatic rings. The van der Waals surface area contributed by atoms with Crippen molar-refractivity contribution in [2.45, 2.75) is 238 Å². The molecule has 0 saturated carbocycles. The van der Waals surface area contributed by atoms with Crippen LogP contribution in [0.25, 0.3) is 0 Å². The van der Waals surface area contributed by atoms with Crippen molar-refractivity contribution in [3.05, 3.63) is 36.5 Å². The number of nitrogens with zero attached hydrogens (tertiary/aromatic N) is 1. The van der Waals surface area contributed by atoms with Crippen LogP contribution >= 0.6 is 7.82 Å². The highest BCUT2D eigenvalue weighted by atomic mass is 31.2. The Balaban J connectivity index is 4.33. The molecule has 9 heteroatoms. The molecule has 3 unspecified atom stereocenters. The van der Waals surface area contributed by atoms with Crippen molar-refractivity contribution in [1.82, 2.24) is 5.32 Å². The average Bonchev–Trinajstić information content (AvgIpc) is 3.19. The molecular weight excluding hydrogens is 756 g/mol. The van der Waals surface area contributed by atoms with Crippen LogP contribution in [-0.4, -0.2) is 68.5 Å². The summed E-state index contributed by atoms with van der Waals surface area (Å²) in [6.07, 6.45) is 52.0. The Kier molecular flexibility index (Phi) is 41.1. The first kappa shape index (κ1) is 57.7. The summed E-state index contributed by atoms with van der Waals surface area (Å²) in [5.41, 5.74) is 0. The summed E-state index contributed by atoms with van der Waals surface area (Å²) >= 11 is 0. The zero-order chi connectivity index (χ0) is 43.6. The molecule has 0 aliphatic rings. The van der Waals surface area contributed by atoms with Gasteiger partial charge in [0.25, 0.3) is 7.82 Å². The third-order valence-electron chi connectivity index (χ3n) is 11.1. The number of hydrogen-bond donors (Lipinski definition) is 2. The van der Waals surface area contributed by atoms with E-state index >= 15 is 0 Å². The van der Waals surface area contributed by atoms with Crippen molar-refractivity contribution in [3.63, 3.8) is 0 Å². The van der Waals surface area contributed by atoms with E-state index in [0.717, 1.165) is 64.2 Å². The summed E-state index contributed by atoms with van der Waals surface area (Å²) in [6.45, 7) is 4.62. The normalized spacial score (nSPS) is 14.5. The van der Waals surface area contributed by atoms with Gasteiger partial charge in [-0.25, -0.2) is 0 Å². The number of unbranched alkanes of at least 4 members (excludes halogenated alkanes) is 28. The van der Waals surface area contributed by atoms with Crippen molar-refractivity contribution in [3.8, 4) is 0 Å². The quantitative estimate of drug-likeness (QED) is 0.0273. The fourth-order valence-electron chi connectivity index (χ4n) is 7.12. The molecule has 0 aliphatic carbocycles. The van der Waals surface area contributed by atoms with E-state index in [0.29, 0.717) is 17.4 Å². The molecule has 0 aromatic heterocycles. The molecule has 0 rings (SSSR count). The van der Waals surface area contributed by atoms with Crippen LogP contribution in [0.2, 0.25) is 0 Å². The maximum Gasteiger partial charge on any atom is 0.268 e. The highest BCUT2D eigenvalue weighted by molar-refractivity contribution is 7.45. The van der Waals surface area contributed by atoms with Crippen LogP contribution in [0.15, 0.2) is 36.5 Å². The highest BCUT2D eigenvalue weighted by Crippen LogP contribution is 2.38. The van der Waals surface area contributed by atoms with Crippen LogP contribution in [0.1, 0.15) is 226 Å². The molecule has 348 valence electrons. The maximum atomic E-state index is 12.9. The first-order valence-electron chi connectivity index (χ1n) is 24.9. The van der Waals surface area contributed by atoms with E-state index in [4.69, 9.17) is 9.05 Å². The number of hydrogen-bond acceptors (Lipinski definition) is 6. The molecule has 0 saturated heterocycles. The summed E-state index contributed by atoms with van der Waals surface area (Å²) in [5.74, 6) is -0.211. The van der Waals surface area contributed by atoms with Gasteiger partial charge >= 0.3 is 0 Å². The smallest absolute Gasteiger partial charge is 0.268 e. The van der Waals surface area contributed by atoms with E-state index in [2.05, 4.69) is 43.5 Å². The summed E-state index contributed by atoms with van der Waals surface area (Å²) in [4.78, 5) is 25.3. The molecule has 0 aromatic carbocycles. The molecular formula is C50H97N2O6P. The zero-order valence-corrected chi connectivity index (χ0v) is 40.4. The van der Waals surface area contributed by atoms with Gasteiger partial charge < -0.3 is 28.8 Å². The number of phosphoric ester groups is 1. The Hall–Kier alpha value is -1.28. The van der Waals surface area contributed by atoms with Crippen LogP contribution in [-0.2, 0) is 18.4 Å². The highest BCUT2D eigenvalue weighted by Gasteiger charge is 2.23. The minimum atomic E-state index is -4.59. The average molecular weight is 853 g/mol. The minimum absolute atomic E-state index is 0.00391. The molecule has 0 radical (unpaired) electrons. The number of likely N-dealkylation sites (N-methyl/N-ethyl adjacent to an activating group) is 1. The number of amides is 1. The molecule has 8 nitrogen and oxygen atoms in total. The topological polar surface area (TPSA) is 108 Å². The van der Waals surface area contributed by atoms with Crippen molar-refractivity contribution >= 4 is 13.7 Å². The predicted octanol–water partition coefficient (Wildman–Crippen LogP) is 13.6. The lowest BCUT2D eigenvalue weighted by Crippen LogP contribution is -2.45. The second-order valence-electron chi connectivity index (χ2n) is 18.2.